The molecule has 2 aromatic carbocycles. The summed E-state index contributed by atoms with van der Waals surface area (Å²) < 4.78 is 34.0. The van der Waals surface area contributed by atoms with Gasteiger partial charge in [0.2, 0.25) is 11.2 Å². The number of fused-ring (bicyclic) bond motifs is 5. The Kier molecular flexibility index (Phi) is 3.96. The third-order valence-corrected chi connectivity index (χ3v) is 4.22. The smallest absolute Gasteiger partial charge is 0.222 e. The van der Waals surface area contributed by atoms with E-state index in [1.807, 2.05) is 11.3 Å². The second-order valence-corrected chi connectivity index (χ2v) is 6.21. The highest BCUT2D eigenvalue weighted by molar-refractivity contribution is 7.14. The predicted molar refractivity (Wildman–Crippen MR) is 72.5 cm³/mol. The van der Waals surface area contributed by atoms with Gasteiger partial charge in [-0.15, -0.1) is 21.6 Å². The van der Waals surface area contributed by atoms with Crippen LogP contribution in [0.3, 0.4) is 0 Å². The van der Waals surface area contributed by atoms with Gasteiger partial charge in [-0.2, -0.15) is 0 Å². The van der Waals surface area contributed by atoms with Gasteiger partial charge >= 0.3 is 0 Å². The van der Waals surface area contributed by atoms with Crippen molar-refractivity contribution < 1.29 is 33.9 Å². The molecular formula is C15H10ClNO4S. The van der Waals surface area contributed by atoms with Crippen LogP contribution in [0.2, 0.25) is 0 Å². The van der Waals surface area contributed by atoms with Crippen LogP contribution >= 0.6 is 11.3 Å². The van der Waals surface area contributed by atoms with Crippen molar-refractivity contribution in [1.29, 1.82) is 0 Å². The summed E-state index contributed by atoms with van der Waals surface area (Å²) >= 11 is 1.81. The minimum atomic E-state index is -4.94. The fourth-order valence-electron chi connectivity index (χ4n) is 2.38. The number of benzene rings is 2. The Labute approximate surface area is 131 Å². The van der Waals surface area contributed by atoms with E-state index in [-0.39, 0.29) is 0 Å². The minimum Gasteiger partial charge on any atom is -0.222 e. The Bertz CT molecular complexity index is 897. The molecule has 5 nitrogen and oxygen atoms in total. The maximum Gasteiger partial charge on any atom is 0.230 e. The van der Waals surface area contributed by atoms with Crippen molar-refractivity contribution >= 4 is 33.0 Å². The third-order valence-electron chi connectivity index (χ3n) is 3.19. The predicted octanol–water partition coefficient (Wildman–Crippen LogP) is -0.783. The van der Waals surface area contributed by atoms with E-state index in [1.165, 1.54) is 32.2 Å². The second-order valence-electron chi connectivity index (χ2n) is 4.58. The quantitative estimate of drug-likeness (QED) is 0.420. The molecule has 2 aromatic rings. The molecule has 0 amide bonds. The van der Waals surface area contributed by atoms with Crippen molar-refractivity contribution in [1.82, 2.24) is 0 Å². The van der Waals surface area contributed by atoms with Crippen molar-refractivity contribution in [2.45, 2.75) is 0 Å². The standard InChI is InChI=1S/C15H9NS.ClHO4/c1-2-6-11-10(5-1)9-17-15-12-7-3-4-8-13(12)16-14(11)15;2-1(3,4)5/h1-9H;(H,2,3,4,5). The number of hydrogen-bond donors (Lipinski definition) is 0. The third kappa shape index (κ3) is 3.17. The fourth-order valence-corrected chi connectivity index (χ4v) is 3.41. The maximum absolute atomic E-state index is 8.49. The summed E-state index contributed by atoms with van der Waals surface area (Å²) in [7, 11) is -4.94. The zero-order chi connectivity index (χ0) is 15.7. The number of hydrogen-bond acceptors (Lipinski definition) is 5. The lowest BCUT2D eigenvalue weighted by molar-refractivity contribution is -2.00. The molecule has 4 rings (SSSR count). The van der Waals surface area contributed by atoms with E-state index in [4.69, 9.17) is 18.6 Å². The molecule has 22 heavy (non-hydrogen) atoms. The van der Waals surface area contributed by atoms with Gasteiger partial charge in [-0.3, -0.25) is 0 Å². The molecule has 0 saturated heterocycles. The van der Waals surface area contributed by atoms with Gasteiger partial charge < -0.3 is 0 Å². The molecule has 0 spiro atoms. The monoisotopic (exact) mass is 335 g/mol. The zero-order valence-electron chi connectivity index (χ0n) is 11.1. The number of H-pyrrole nitrogens is 1. The first kappa shape index (κ1) is 15.1. The van der Waals surface area contributed by atoms with E-state index >= 15 is 0 Å². The average Bonchev–Trinajstić information content (AvgIpc) is 2.84. The molecule has 0 unspecified atom stereocenters. The fraction of sp³-hybridized carbons (Fsp3) is 0. The number of nitrogens with one attached hydrogen (secondary N) is 1. The number of halogens is 1. The van der Waals surface area contributed by atoms with Crippen LogP contribution in [0.25, 0.3) is 32.2 Å². The lowest BCUT2D eigenvalue weighted by Crippen LogP contribution is -2.68. The molecule has 0 atom stereocenters. The van der Waals surface area contributed by atoms with Crippen LogP contribution in [0.5, 0.6) is 0 Å². The van der Waals surface area contributed by atoms with Gasteiger partial charge in [-0.1, -0.05) is 30.3 Å². The highest BCUT2D eigenvalue weighted by Gasteiger charge is 2.21. The number of aromatic amines is 1. The summed E-state index contributed by atoms with van der Waals surface area (Å²) in [6.45, 7) is 0. The van der Waals surface area contributed by atoms with E-state index in [2.05, 4.69) is 58.9 Å². The average molecular weight is 336 g/mol. The normalized spacial score (nSPS) is 11.6. The Balaban J connectivity index is 0.000000254. The van der Waals surface area contributed by atoms with Crippen molar-refractivity contribution in [2.24, 2.45) is 0 Å². The topological polar surface area (TPSA) is 106 Å². The molecule has 0 fully saturated rings. The first-order chi connectivity index (χ1) is 10.4. The summed E-state index contributed by atoms with van der Waals surface area (Å²) in [6.07, 6.45) is 0. The van der Waals surface area contributed by atoms with Gasteiger partial charge in [0.05, 0.1) is 10.8 Å². The Morgan fingerprint density at radius 3 is 2.14 bits per heavy atom. The van der Waals surface area contributed by atoms with Crippen LogP contribution in [0.15, 0.2) is 53.9 Å². The summed E-state index contributed by atoms with van der Waals surface area (Å²) in [5, 5.41) is 6.16. The van der Waals surface area contributed by atoms with Crippen LogP contribution < -0.4 is 23.6 Å². The lowest BCUT2D eigenvalue weighted by Gasteiger charge is -2.17. The van der Waals surface area contributed by atoms with Crippen molar-refractivity contribution in [3.05, 3.63) is 53.9 Å². The van der Waals surface area contributed by atoms with Gasteiger partial charge in [0.15, 0.2) is 0 Å². The van der Waals surface area contributed by atoms with Gasteiger partial charge in [-0.25, -0.2) is 23.6 Å². The molecule has 2 aliphatic rings. The minimum absolute atomic E-state index is 1.22. The molecule has 2 heterocycles. The van der Waals surface area contributed by atoms with Gasteiger partial charge in [0.25, 0.3) is 0 Å². The SMILES string of the molecule is [O-][Cl+3]([O-])([O-])[O-].c1ccc2c3[nH+]c4ccccc4c-3scc2c1. The van der Waals surface area contributed by atoms with Crippen LogP contribution in [0.1, 0.15) is 0 Å². The van der Waals surface area contributed by atoms with Crippen molar-refractivity contribution in [3.8, 4) is 10.6 Å². The first-order valence-electron chi connectivity index (χ1n) is 6.25. The molecule has 0 aliphatic carbocycles. The zero-order valence-corrected chi connectivity index (χ0v) is 12.7. The summed E-state index contributed by atoms with van der Waals surface area (Å²) in [4.78, 5) is 4.88. The van der Waals surface area contributed by atoms with E-state index in [0.29, 0.717) is 0 Å². The molecular weight excluding hydrogens is 326 g/mol. The molecule has 2 aliphatic heterocycles. The second kappa shape index (κ2) is 5.77. The molecule has 0 radical (unpaired) electrons. The largest absolute Gasteiger partial charge is 0.230 e. The maximum atomic E-state index is 8.49. The van der Waals surface area contributed by atoms with E-state index in [1.54, 1.807) is 0 Å². The highest BCUT2D eigenvalue weighted by Crippen LogP contribution is 2.36. The Morgan fingerprint density at radius 1 is 0.818 bits per heavy atom. The van der Waals surface area contributed by atoms with Crippen LogP contribution in [-0.2, 0) is 0 Å². The lowest BCUT2D eigenvalue weighted by atomic mass is 10.1. The molecule has 112 valence electrons. The number of aromatic nitrogens is 1. The number of para-hydroxylation sites is 1. The van der Waals surface area contributed by atoms with E-state index in [9.17, 15) is 0 Å². The number of rotatable bonds is 0. The van der Waals surface area contributed by atoms with Crippen LogP contribution in [0, 0.1) is 10.2 Å². The summed E-state index contributed by atoms with van der Waals surface area (Å²) in [6, 6.07) is 17.0. The van der Waals surface area contributed by atoms with Gasteiger partial charge in [0, 0.05) is 6.07 Å². The Hall–Kier alpha value is -1.80. The summed E-state index contributed by atoms with van der Waals surface area (Å²) in [5.74, 6) is 0. The van der Waals surface area contributed by atoms with Crippen molar-refractivity contribution in [3.63, 3.8) is 0 Å². The molecule has 1 N–H and O–H groups in total. The van der Waals surface area contributed by atoms with E-state index < -0.39 is 10.2 Å². The Morgan fingerprint density at radius 2 is 1.41 bits per heavy atom. The summed E-state index contributed by atoms with van der Waals surface area (Å²) in [5.41, 5.74) is 2.48. The molecule has 0 aromatic heterocycles. The highest BCUT2D eigenvalue weighted by atomic mass is 35.7. The molecule has 0 saturated carbocycles. The van der Waals surface area contributed by atoms with Crippen LogP contribution in [-0.4, -0.2) is 0 Å². The van der Waals surface area contributed by atoms with Crippen molar-refractivity contribution in [2.75, 3.05) is 0 Å². The van der Waals surface area contributed by atoms with Gasteiger partial charge in [0.1, 0.15) is 4.88 Å². The van der Waals surface area contributed by atoms with Crippen LogP contribution in [0.4, 0.5) is 0 Å². The van der Waals surface area contributed by atoms with E-state index in [0.717, 1.165) is 0 Å². The molecule has 0 bridgehead atoms. The molecule has 7 heteroatoms. The first-order valence-corrected chi connectivity index (χ1v) is 8.36. The van der Waals surface area contributed by atoms with Gasteiger partial charge in [-0.05, 0) is 22.9 Å².